The van der Waals surface area contributed by atoms with E-state index in [1.165, 1.54) is 12.3 Å². The van der Waals surface area contributed by atoms with Crippen LogP contribution in [0.3, 0.4) is 0 Å². The molecule has 7 heteroatoms. The van der Waals surface area contributed by atoms with E-state index in [9.17, 15) is 9.59 Å². The first kappa shape index (κ1) is 18.5. The highest BCUT2D eigenvalue weighted by Crippen LogP contribution is 2.34. The number of amides is 2. The van der Waals surface area contributed by atoms with Crippen LogP contribution >= 0.6 is 0 Å². The third-order valence-electron chi connectivity index (χ3n) is 4.53. The highest BCUT2D eigenvalue weighted by molar-refractivity contribution is 6.08. The number of aromatic nitrogens is 1. The molecule has 4 rings (SSSR count). The van der Waals surface area contributed by atoms with Crippen molar-refractivity contribution in [1.82, 2.24) is 4.98 Å². The van der Waals surface area contributed by atoms with Gasteiger partial charge in [-0.2, -0.15) is 0 Å². The summed E-state index contributed by atoms with van der Waals surface area (Å²) in [5.74, 6) is 0.465. The Morgan fingerprint density at radius 3 is 2.59 bits per heavy atom. The largest absolute Gasteiger partial charge is 0.454 e. The summed E-state index contributed by atoms with van der Waals surface area (Å²) in [6, 6.07) is 14.0. The standard InChI is InChI=1S/C22H19N3O4/c1-13-3-4-14(2)17(9-13)25-21(26)15-7-8-23-18(10-15)22(27)24-16-5-6-19-20(11-16)29-12-28-19/h3-11H,12H2,1-2H3,(H,24,27)(H,25,26). The van der Waals surface area contributed by atoms with Crippen LogP contribution in [0.5, 0.6) is 11.5 Å². The van der Waals surface area contributed by atoms with E-state index in [0.717, 1.165) is 16.8 Å². The predicted molar refractivity (Wildman–Crippen MR) is 109 cm³/mol. The zero-order chi connectivity index (χ0) is 20.4. The number of carbonyl (C=O) groups excluding carboxylic acids is 2. The van der Waals surface area contributed by atoms with Crippen LogP contribution in [-0.4, -0.2) is 23.6 Å². The number of rotatable bonds is 4. The molecule has 29 heavy (non-hydrogen) atoms. The molecule has 0 radical (unpaired) electrons. The lowest BCUT2D eigenvalue weighted by molar-refractivity contribution is 0.102. The van der Waals surface area contributed by atoms with E-state index in [4.69, 9.17) is 9.47 Å². The second kappa shape index (κ2) is 7.63. The zero-order valence-corrected chi connectivity index (χ0v) is 16.0. The normalized spacial score (nSPS) is 11.8. The van der Waals surface area contributed by atoms with Gasteiger partial charge in [-0.25, -0.2) is 0 Å². The van der Waals surface area contributed by atoms with Gasteiger partial charge in [-0.05, 0) is 55.3 Å². The van der Waals surface area contributed by atoms with E-state index in [-0.39, 0.29) is 18.4 Å². The van der Waals surface area contributed by atoms with Crippen molar-refractivity contribution in [2.75, 3.05) is 17.4 Å². The van der Waals surface area contributed by atoms with Gasteiger partial charge >= 0.3 is 0 Å². The first-order valence-corrected chi connectivity index (χ1v) is 9.05. The summed E-state index contributed by atoms with van der Waals surface area (Å²) < 4.78 is 10.6. The quantitative estimate of drug-likeness (QED) is 0.706. The second-order valence-corrected chi connectivity index (χ2v) is 6.72. The van der Waals surface area contributed by atoms with Crippen LogP contribution in [0.2, 0.25) is 0 Å². The minimum absolute atomic E-state index is 0.135. The zero-order valence-electron chi connectivity index (χ0n) is 16.0. The van der Waals surface area contributed by atoms with Crippen LogP contribution in [-0.2, 0) is 0 Å². The Bertz CT molecular complexity index is 1110. The van der Waals surface area contributed by atoms with Crippen LogP contribution in [0.4, 0.5) is 11.4 Å². The van der Waals surface area contributed by atoms with Gasteiger partial charge in [0.25, 0.3) is 11.8 Å². The number of benzene rings is 2. The van der Waals surface area contributed by atoms with Gasteiger partial charge in [0.15, 0.2) is 11.5 Å². The van der Waals surface area contributed by atoms with Crippen molar-refractivity contribution in [1.29, 1.82) is 0 Å². The average Bonchev–Trinajstić information content (AvgIpc) is 3.18. The first-order valence-electron chi connectivity index (χ1n) is 9.05. The van der Waals surface area contributed by atoms with Crippen LogP contribution in [0, 0.1) is 13.8 Å². The van der Waals surface area contributed by atoms with Crippen molar-refractivity contribution >= 4 is 23.2 Å². The molecule has 3 aromatic rings. The SMILES string of the molecule is Cc1ccc(C)c(NC(=O)c2ccnc(C(=O)Nc3ccc4c(c3)OCO4)c2)c1. The highest BCUT2D eigenvalue weighted by Gasteiger charge is 2.16. The fraction of sp³-hybridized carbons (Fsp3) is 0.136. The van der Waals surface area contributed by atoms with Crippen molar-refractivity contribution in [2.45, 2.75) is 13.8 Å². The maximum Gasteiger partial charge on any atom is 0.274 e. The predicted octanol–water partition coefficient (Wildman–Crippen LogP) is 3.93. The van der Waals surface area contributed by atoms with Crippen molar-refractivity contribution in [3.05, 3.63) is 77.1 Å². The number of anilines is 2. The maximum absolute atomic E-state index is 12.6. The van der Waals surface area contributed by atoms with Crippen LogP contribution in [0.25, 0.3) is 0 Å². The third-order valence-corrected chi connectivity index (χ3v) is 4.53. The molecule has 2 N–H and O–H groups in total. The molecule has 0 atom stereocenters. The van der Waals surface area contributed by atoms with Gasteiger partial charge in [0.1, 0.15) is 5.69 Å². The number of hydrogen-bond donors (Lipinski definition) is 2. The van der Waals surface area contributed by atoms with E-state index in [1.807, 2.05) is 32.0 Å². The van der Waals surface area contributed by atoms with Crippen LogP contribution in [0.15, 0.2) is 54.7 Å². The smallest absolute Gasteiger partial charge is 0.274 e. The summed E-state index contributed by atoms with van der Waals surface area (Å²) in [6.45, 7) is 4.04. The summed E-state index contributed by atoms with van der Waals surface area (Å²) in [4.78, 5) is 29.3. The molecule has 2 aromatic carbocycles. The minimum Gasteiger partial charge on any atom is -0.454 e. The van der Waals surface area contributed by atoms with Crippen LogP contribution < -0.4 is 20.1 Å². The lowest BCUT2D eigenvalue weighted by atomic mass is 10.1. The number of aryl methyl sites for hydroxylation is 2. The molecule has 7 nitrogen and oxygen atoms in total. The van der Waals surface area contributed by atoms with E-state index in [1.54, 1.807) is 24.3 Å². The molecule has 2 amide bonds. The fourth-order valence-electron chi connectivity index (χ4n) is 2.93. The number of pyridine rings is 1. The molecule has 0 bridgehead atoms. The van der Waals surface area contributed by atoms with Gasteiger partial charge in [0, 0.05) is 29.2 Å². The Hall–Kier alpha value is -3.87. The molecular weight excluding hydrogens is 370 g/mol. The lowest BCUT2D eigenvalue weighted by Gasteiger charge is -2.10. The second-order valence-electron chi connectivity index (χ2n) is 6.72. The van der Waals surface area contributed by atoms with Crippen LogP contribution in [0.1, 0.15) is 32.0 Å². The monoisotopic (exact) mass is 389 g/mol. The average molecular weight is 389 g/mol. The Labute approximate surface area is 167 Å². The molecule has 1 aliphatic heterocycles. The Kier molecular flexibility index (Phi) is 4.87. The number of nitrogens with one attached hydrogen (secondary N) is 2. The molecule has 0 fully saturated rings. The Balaban J connectivity index is 1.49. The summed E-state index contributed by atoms with van der Waals surface area (Å²) in [5, 5.41) is 5.63. The summed E-state index contributed by atoms with van der Waals surface area (Å²) >= 11 is 0. The van der Waals surface area contributed by atoms with Gasteiger partial charge < -0.3 is 20.1 Å². The minimum atomic E-state index is -0.426. The van der Waals surface area contributed by atoms with Gasteiger partial charge in [-0.3, -0.25) is 14.6 Å². The fourth-order valence-corrected chi connectivity index (χ4v) is 2.93. The molecule has 146 valence electrons. The molecular formula is C22H19N3O4. The van der Waals surface area contributed by atoms with Gasteiger partial charge in [0.2, 0.25) is 6.79 Å². The number of carbonyl (C=O) groups is 2. The summed E-state index contributed by atoms with van der Waals surface area (Å²) in [6.07, 6.45) is 1.44. The Morgan fingerprint density at radius 1 is 0.897 bits per heavy atom. The third kappa shape index (κ3) is 4.03. The van der Waals surface area contributed by atoms with E-state index < -0.39 is 5.91 Å². The molecule has 0 aliphatic carbocycles. The van der Waals surface area contributed by atoms with Gasteiger partial charge in [0.05, 0.1) is 0 Å². The van der Waals surface area contributed by atoms with E-state index in [2.05, 4.69) is 15.6 Å². The molecule has 0 saturated carbocycles. The molecule has 1 aliphatic rings. The lowest BCUT2D eigenvalue weighted by Crippen LogP contribution is -2.17. The van der Waals surface area contributed by atoms with Crippen molar-refractivity contribution in [2.24, 2.45) is 0 Å². The molecule has 0 unspecified atom stereocenters. The first-order chi connectivity index (χ1) is 14.0. The van der Waals surface area contributed by atoms with Crippen molar-refractivity contribution < 1.29 is 19.1 Å². The van der Waals surface area contributed by atoms with E-state index in [0.29, 0.717) is 22.7 Å². The van der Waals surface area contributed by atoms with Crippen molar-refractivity contribution in [3.8, 4) is 11.5 Å². The number of ether oxygens (including phenoxy) is 2. The molecule has 2 heterocycles. The summed E-state index contributed by atoms with van der Waals surface area (Å²) in [7, 11) is 0. The number of nitrogens with zero attached hydrogens (tertiary/aromatic N) is 1. The molecule has 1 aromatic heterocycles. The molecule has 0 saturated heterocycles. The van der Waals surface area contributed by atoms with Gasteiger partial charge in [-0.1, -0.05) is 12.1 Å². The van der Waals surface area contributed by atoms with E-state index >= 15 is 0 Å². The topological polar surface area (TPSA) is 89.6 Å². The number of hydrogen-bond acceptors (Lipinski definition) is 5. The van der Waals surface area contributed by atoms with Crippen molar-refractivity contribution in [3.63, 3.8) is 0 Å². The highest BCUT2D eigenvalue weighted by atomic mass is 16.7. The summed E-state index contributed by atoms with van der Waals surface area (Å²) in [5.41, 5.74) is 3.76. The Morgan fingerprint density at radius 2 is 1.72 bits per heavy atom. The maximum atomic E-state index is 12.6. The molecule has 0 spiro atoms. The van der Waals surface area contributed by atoms with Gasteiger partial charge in [-0.15, -0.1) is 0 Å². The number of fused-ring (bicyclic) bond motifs is 1.